The molecule has 2 atom stereocenters. The smallest absolute Gasteiger partial charge is 0.244 e. The van der Waals surface area contributed by atoms with Gasteiger partial charge in [0.25, 0.3) is 0 Å². The Balaban J connectivity index is 2.50. The van der Waals surface area contributed by atoms with Crippen molar-refractivity contribution in [2.24, 2.45) is 0 Å². The normalized spacial score (nSPS) is 13.0. The van der Waals surface area contributed by atoms with Gasteiger partial charge in [-0.05, 0) is 49.6 Å². The lowest BCUT2D eigenvalue weighted by molar-refractivity contribution is -0.140. The van der Waals surface area contributed by atoms with Crippen molar-refractivity contribution < 1.29 is 22.7 Å². The molecule has 0 bridgehead atoms. The van der Waals surface area contributed by atoms with Crippen LogP contribution in [0.1, 0.15) is 39.2 Å². The number of hydrogen-bond acceptors (Lipinski definition) is 5. The highest BCUT2D eigenvalue weighted by Gasteiger charge is 2.32. The first kappa shape index (κ1) is 29.7. The fourth-order valence-electron chi connectivity index (χ4n) is 3.61. The Hall–Kier alpha value is -2.49. The molecule has 2 aromatic carbocycles. The van der Waals surface area contributed by atoms with Crippen molar-refractivity contribution in [2.75, 3.05) is 24.2 Å². The number of anilines is 1. The minimum atomic E-state index is -3.92. The third kappa shape index (κ3) is 7.75. The highest BCUT2D eigenvalue weighted by atomic mass is 35.5. The van der Waals surface area contributed by atoms with E-state index in [2.05, 4.69) is 5.32 Å². The van der Waals surface area contributed by atoms with Crippen molar-refractivity contribution in [3.63, 3.8) is 0 Å². The number of nitrogens with zero attached hydrogens (tertiary/aromatic N) is 2. The van der Waals surface area contributed by atoms with Crippen molar-refractivity contribution in [3.05, 3.63) is 58.1 Å². The number of rotatable bonds is 12. The number of benzene rings is 2. The average Bonchev–Trinajstić information content (AvgIpc) is 2.83. The molecule has 0 heterocycles. The van der Waals surface area contributed by atoms with Crippen LogP contribution in [0.2, 0.25) is 10.0 Å². The molecule has 2 unspecified atom stereocenters. The van der Waals surface area contributed by atoms with E-state index in [9.17, 15) is 18.0 Å². The molecule has 0 spiro atoms. The van der Waals surface area contributed by atoms with Crippen LogP contribution in [0.3, 0.4) is 0 Å². The molecule has 8 nitrogen and oxygen atoms in total. The van der Waals surface area contributed by atoms with Gasteiger partial charge in [-0.1, -0.05) is 55.2 Å². The second-order valence-corrected chi connectivity index (χ2v) is 11.1. The van der Waals surface area contributed by atoms with Crippen molar-refractivity contribution >= 4 is 50.7 Å². The maximum Gasteiger partial charge on any atom is 0.244 e. The molecule has 0 saturated carbocycles. The quantitative estimate of drug-likeness (QED) is 0.414. The molecule has 0 aliphatic carbocycles. The van der Waals surface area contributed by atoms with Crippen LogP contribution in [-0.2, 0) is 26.2 Å². The number of sulfonamides is 1. The standard InChI is InChI=1S/C25H33Cl2N3O5S/c1-6-17(3)28-25(32)21(7-2)29(15-18-10-8-11-19(14-18)35-4)23(31)16-30(36(5,33)34)22-13-9-12-20(26)24(22)27/h8-14,17,21H,6-7,15-16H2,1-5H3,(H,28,32). The van der Waals surface area contributed by atoms with Crippen LogP contribution in [-0.4, -0.2) is 57.1 Å². The first-order chi connectivity index (χ1) is 16.9. The molecule has 0 aliphatic heterocycles. The lowest BCUT2D eigenvalue weighted by atomic mass is 10.1. The van der Waals surface area contributed by atoms with Crippen molar-refractivity contribution in [1.29, 1.82) is 0 Å². The van der Waals surface area contributed by atoms with Gasteiger partial charge in [0.05, 0.1) is 29.1 Å². The summed E-state index contributed by atoms with van der Waals surface area (Å²) in [7, 11) is -2.39. The minimum Gasteiger partial charge on any atom is -0.497 e. The van der Waals surface area contributed by atoms with Gasteiger partial charge in [-0.2, -0.15) is 0 Å². The average molecular weight is 559 g/mol. The molecule has 2 rings (SSSR count). The van der Waals surface area contributed by atoms with Gasteiger partial charge in [0, 0.05) is 12.6 Å². The van der Waals surface area contributed by atoms with Crippen molar-refractivity contribution in [2.45, 2.75) is 52.2 Å². The second-order valence-electron chi connectivity index (χ2n) is 8.46. The van der Waals surface area contributed by atoms with Gasteiger partial charge in [0.1, 0.15) is 18.3 Å². The summed E-state index contributed by atoms with van der Waals surface area (Å²) in [5.74, 6) is -0.277. The van der Waals surface area contributed by atoms with Gasteiger partial charge in [0.2, 0.25) is 21.8 Å². The van der Waals surface area contributed by atoms with E-state index in [-0.39, 0.29) is 34.2 Å². The zero-order valence-electron chi connectivity index (χ0n) is 21.1. The molecule has 2 aromatic rings. The fourth-order valence-corrected chi connectivity index (χ4v) is 4.91. The first-order valence-electron chi connectivity index (χ1n) is 11.6. The van der Waals surface area contributed by atoms with Gasteiger partial charge >= 0.3 is 0 Å². The number of halogens is 2. The van der Waals surface area contributed by atoms with Gasteiger partial charge in [-0.15, -0.1) is 0 Å². The van der Waals surface area contributed by atoms with Gasteiger partial charge < -0.3 is 15.0 Å². The second kappa shape index (κ2) is 13.2. The zero-order chi connectivity index (χ0) is 27.0. The molecule has 0 aliphatic rings. The Kier molecular flexibility index (Phi) is 10.9. The van der Waals surface area contributed by atoms with E-state index < -0.39 is 28.5 Å². The third-order valence-electron chi connectivity index (χ3n) is 5.75. The summed E-state index contributed by atoms with van der Waals surface area (Å²) in [6.07, 6.45) is 2.03. The number of hydrogen-bond donors (Lipinski definition) is 1. The predicted molar refractivity (Wildman–Crippen MR) is 144 cm³/mol. The van der Waals surface area contributed by atoms with Crippen LogP contribution in [0.25, 0.3) is 0 Å². The molecule has 0 radical (unpaired) electrons. The predicted octanol–water partition coefficient (Wildman–Crippen LogP) is 4.49. The molecule has 198 valence electrons. The summed E-state index contributed by atoms with van der Waals surface area (Å²) in [5, 5.41) is 3.10. The van der Waals surface area contributed by atoms with E-state index in [1.165, 1.54) is 24.1 Å². The van der Waals surface area contributed by atoms with Crippen LogP contribution in [0, 0.1) is 0 Å². The molecular formula is C25H33Cl2N3O5S. The maximum absolute atomic E-state index is 13.7. The van der Waals surface area contributed by atoms with E-state index in [4.69, 9.17) is 27.9 Å². The number of nitrogens with one attached hydrogen (secondary N) is 1. The molecule has 1 N–H and O–H groups in total. The lowest BCUT2D eigenvalue weighted by Gasteiger charge is -2.33. The monoisotopic (exact) mass is 557 g/mol. The number of carbonyl (C=O) groups is 2. The van der Waals surface area contributed by atoms with Gasteiger partial charge in [-0.25, -0.2) is 8.42 Å². The van der Waals surface area contributed by atoms with E-state index in [0.717, 1.165) is 22.5 Å². The Bertz CT molecular complexity index is 1180. The molecular weight excluding hydrogens is 525 g/mol. The Morgan fingerprint density at radius 1 is 1.08 bits per heavy atom. The summed E-state index contributed by atoms with van der Waals surface area (Å²) < 4.78 is 31.6. The van der Waals surface area contributed by atoms with E-state index in [1.54, 1.807) is 31.2 Å². The topological polar surface area (TPSA) is 96.0 Å². The summed E-state index contributed by atoms with van der Waals surface area (Å²) in [6, 6.07) is 10.8. The Labute approximate surface area is 223 Å². The number of ether oxygens (including phenoxy) is 1. The fraction of sp³-hybridized carbons (Fsp3) is 0.440. The first-order valence-corrected chi connectivity index (χ1v) is 14.2. The van der Waals surface area contributed by atoms with Crippen LogP contribution in [0.15, 0.2) is 42.5 Å². The SMILES string of the molecule is CCC(C)NC(=O)C(CC)N(Cc1cccc(OC)c1)C(=O)CN(c1cccc(Cl)c1Cl)S(C)(=O)=O. The van der Waals surface area contributed by atoms with Gasteiger partial charge in [-0.3, -0.25) is 13.9 Å². The summed E-state index contributed by atoms with van der Waals surface area (Å²) >= 11 is 12.4. The summed E-state index contributed by atoms with van der Waals surface area (Å²) in [6.45, 7) is 5.14. The molecule has 36 heavy (non-hydrogen) atoms. The van der Waals surface area contributed by atoms with Gasteiger partial charge in [0.15, 0.2) is 0 Å². The molecule has 11 heteroatoms. The van der Waals surface area contributed by atoms with Crippen LogP contribution < -0.4 is 14.4 Å². The Morgan fingerprint density at radius 2 is 1.75 bits per heavy atom. The lowest BCUT2D eigenvalue weighted by Crippen LogP contribution is -2.53. The van der Waals surface area contributed by atoms with E-state index in [1.807, 2.05) is 19.9 Å². The summed E-state index contributed by atoms with van der Waals surface area (Å²) in [4.78, 5) is 28.3. The largest absolute Gasteiger partial charge is 0.497 e. The third-order valence-corrected chi connectivity index (χ3v) is 7.69. The van der Waals surface area contributed by atoms with Crippen LogP contribution >= 0.6 is 23.2 Å². The van der Waals surface area contributed by atoms with E-state index >= 15 is 0 Å². The molecule has 0 aromatic heterocycles. The maximum atomic E-state index is 13.7. The van der Waals surface area contributed by atoms with E-state index in [0.29, 0.717) is 12.2 Å². The number of amides is 2. The van der Waals surface area contributed by atoms with Crippen molar-refractivity contribution in [3.8, 4) is 5.75 Å². The zero-order valence-corrected chi connectivity index (χ0v) is 23.5. The number of methoxy groups -OCH3 is 1. The minimum absolute atomic E-state index is 0.0123. The molecule has 2 amide bonds. The highest BCUT2D eigenvalue weighted by molar-refractivity contribution is 7.92. The van der Waals surface area contributed by atoms with Crippen LogP contribution in [0.4, 0.5) is 5.69 Å². The number of carbonyl (C=O) groups excluding carboxylic acids is 2. The van der Waals surface area contributed by atoms with Crippen LogP contribution in [0.5, 0.6) is 5.75 Å². The molecule has 0 fully saturated rings. The van der Waals surface area contributed by atoms with Crippen molar-refractivity contribution in [1.82, 2.24) is 10.2 Å². The summed E-state index contributed by atoms with van der Waals surface area (Å²) in [5.41, 5.74) is 0.808. The Morgan fingerprint density at radius 3 is 2.33 bits per heavy atom. The highest BCUT2D eigenvalue weighted by Crippen LogP contribution is 2.33. The molecule has 0 saturated heterocycles.